The zero-order valence-corrected chi connectivity index (χ0v) is 16.8. The molecule has 2 aliphatic heterocycles. The van der Waals surface area contributed by atoms with E-state index in [1.807, 2.05) is 0 Å². The number of carbonyl (C=O) groups excluding carboxylic acids is 2. The summed E-state index contributed by atoms with van der Waals surface area (Å²) in [5, 5.41) is 2.66. The Morgan fingerprint density at radius 1 is 1.26 bits per heavy atom. The van der Waals surface area contributed by atoms with Crippen LogP contribution in [0.3, 0.4) is 0 Å². The summed E-state index contributed by atoms with van der Waals surface area (Å²) in [7, 11) is -3.64. The summed E-state index contributed by atoms with van der Waals surface area (Å²) in [5.74, 6) is 0.582. The van der Waals surface area contributed by atoms with Gasteiger partial charge in [0.25, 0.3) is 5.91 Å². The molecule has 1 fully saturated rings. The van der Waals surface area contributed by atoms with Crippen molar-refractivity contribution in [2.45, 2.75) is 38.5 Å². The van der Waals surface area contributed by atoms with Crippen molar-refractivity contribution in [2.75, 3.05) is 30.8 Å². The Kier molecular flexibility index (Phi) is 5.46. The lowest BCUT2D eigenvalue weighted by Crippen LogP contribution is -2.43. The van der Waals surface area contributed by atoms with Gasteiger partial charge in [-0.15, -0.1) is 0 Å². The van der Waals surface area contributed by atoms with Gasteiger partial charge in [0.05, 0.1) is 16.3 Å². The third kappa shape index (κ3) is 4.43. The van der Waals surface area contributed by atoms with Crippen LogP contribution in [-0.2, 0) is 19.4 Å². The maximum absolute atomic E-state index is 12.8. The molecule has 2 aliphatic rings. The topological polar surface area (TPSA) is 92.8 Å². The highest BCUT2D eigenvalue weighted by Crippen LogP contribution is 2.33. The summed E-state index contributed by atoms with van der Waals surface area (Å²) in [4.78, 5) is 25.8. The molecule has 3 rings (SSSR count). The number of piperidine rings is 1. The molecule has 0 aromatic heterocycles. The molecular weight excluding hydrogens is 368 g/mol. The van der Waals surface area contributed by atoms with Crippen LogP contribution in [0.25, 0.3) is 0 Å². The van der Waals surface area contributed by atoms with E-state index in [2.05, 4.69) is 19.2 Å². The number of amides is 2. The number of anilines is 1. The summed E-state index contributed by atoms with van der Waals surface area (Å²) in [6.07, 6.45) is 1.06. The molecule has 1 N–H and O–H groups in total. The highest BCUT2D eigenvalue weighted by Gasteiger charge is 2.28. The minimum absolute atomic E-state index is 0.0319. The Hall–Kier alpha value is -2.09. The predicted octanol–water partition coefficient (Wildman–Crippen LogP) is 1.99. The normalized spacial score (nSPS) is 22.6. The molecule has 8 heteroatoms. The zero-order chi connectivity index (χ0) is 19.8. The van der Waals surface area contributed by atoms with Gasteiger partial charge in [-0.1, -0.05) is 13.8 Å². The van der Waals surface area contributed by atoms with E-state index < -0.39 is 9.84 Å². The molecule has 1 aromatic carbocycles. The summed E-state index contributed by atoms with van der Waals surface area (Å²) >= 11 is 0. The molecule has 0 radical (unpaired) electrons. The Balaban J connectivity index is 1.72. The van der Waals surface area contributed by atoms with Gasteiger partial charge in [0.2, 0.25) is 5.91 Å². The number of likely N-dealkylation sites (tertiary alicyclic amines) is 1. The predicted molar refractivity (Wildman–Crippen MR) is 101 cm³/mol. The molecule has 1 saturated heterocycles. The molecule has 1 aromatic rings. The second-order valence-corrected chi connectivity index (χ2v) is 9.84. The highest BCUT2D eigenvalue weighted by molar-refractivity contribution is 7.91. The Morgan fingerprint density at radius 2 is 1.93 bits per heavy atom. The smallest absolute Gasteiger partial charge is 0.262 e. The van der Waals surface area contributed by atoms with Crippen molar-refractivity contribution in [3.8, 4) is 5.75 Å². The van der Waals surface area contributed by atoms with E-state index in [0.29, 0.717) is 41.9 Å². The molecule has 0 unspecified atom stereocenters. The Labute approximate surface area is 160 Å². The van der Waals surface area contributed by atoms with E-state index in [1.54, 1.807) is 17.9 Å². The first kappa shape index (κ1) is 19.7. The number of nitrogens with one attached hydrogen (secondary N) is 1. The number of hydrogen-bond acceptors (Lipinski definition) is 5. The van der Waals surface area contributed by atoms with E-state index in [0.717, 1.165) is 6.42 Å². The van der Waals surface area contributed by atoms with Gasteiger partial charge in [-0.2, -0.15) is 0 Å². The Bertz CT molecular complexity index is 855. The number of carbonyl (C=O) groups is 2. The van der Waals surface area contributed by atoms with Crippen LogP contribution in [-0.4, -0.2) is 50.6 Å². The molecule has 27 heavy (non-hydrogen) atoms. The van der Waals surface area contributed by atoms with Gasteiger partial charge in [-0.05, 0) is 36.8 Å². The number of rotatable bonds is 4. The van der Waals surface area contributed by atoms with E-state index in [4.69, 9.17) is 4.74 Å². The van der Waals surface area contributed by atoms with Crippen LogP contribution in [0.2, 0.25) is 0 Å². The van der Waals surface area contributed by atoms with Crippen LogP contribution < -0.4 is 10.1 Å². The number of fused-ring (bicyclic) bond motifs is 1. The fourth-order valence-electron chi connectivity index (χ4n) is 3.91. The van der Waals surface area contributed by atoms with E-state index in [-0.39, 0.29) is 35.5 Å². The first-order chi connectivity index (χ1) is 12.7. The SMILES string of the molecule is Cc1cc2c(cc1S(=O)(=O)CCC(=O)N1C[C@H](C)C[C@H](C)C1)OCC(=O)N2. The largest absolute Gasteiger partial charge is 0.482 e. The van der Waals surface area contributed by atoms with Crippen molar-refractivity contribution >= 4 is 27.3 Å². The number of ether oxygens (including phenoxy) is 1. The first-order valence-corrected chi connectivity index (χ1v) is 10.9. The quantitative estimate of drug-likeness (QED) is 0.843. The number of nitrogens with zero attached hydrogens (tertiary/aromatic N) is 1. The van der Waals surface area contributed by atoms with Gasteiger partial charge in [-0.25, -0.2) is 8.42 Å². The number of benzene rings is 1. The molecule has 7 nitrogen and oxygen atoms in total. The zero-order valence-electron chi connectivity index (χ0n) is 15.9. The van der Waals surface area contributed by atoms with Gasteiger partial charge in [0, 0.05) is 25.6 Å². The van der Waals surface area contributed by atoms with Gasteiger partial charge < -0.3 is 15.0 Å². The fraction of sp³-hybridized carbons (Fsp3) is 0.579. The van der Waals surface area contributed by atoms with Crippen molar-refractivity contribution < 1.29 is 22.7 Å². The van der Waals surface area contributed by atoms with Crippen molar-refractivity contribution in [2.24, 2.45) is 11.8 Å². The lowest BCUT2D eigenvalue weighted by atomic mass is 9.92. The molecule has 0 aliphatic carbocycles. The summed E-state index contributed by atoms with van der Waals surface area (Å²) < 4.78 is 30.9. The van der Waals surface area contributed by atoms with Crippen LogP contribution >= 0.6 is 0 Å². The monoisotopic (exact) mass is 394 g/mol. The summed E-state index contributed by atoms with van der Waals surface area (Å²) in [5.41, 5.74) is 0.988. The molecular formula is C19H26N2O5S. The number of hydrogen-bond donors (Lipinski definition) is 1. The third-order valence-corrected chi connectivity index (χ3v) is 6.90. The van der Waals surface area contributed by atoms with Crippen LogP contribution in [0.15, 0.2) is 17.0 Å². The van der Waals surface area contributed by atoms with Crippen molar-refractivity contribution in [1.82, 2.24) is 4.90 Å². The van der Waals surface area contributed by atoms with E-state index in [1.165, 1.54) is 6.07 Å². The second-order valence-electron chi connectivity index (χ2n) is 7.76. The van der Waals surface area contributed by atoms with Crippen molar-refractivity contribution in [3.63, 3.8) is 0 Å². The van der Waals surface area contributed by atoms with Crippen molar-refractivity contribution in [1.29, 1.82) is 0 Å². The minimum atomic E-state index is -3.64. The van der Waals surface area contributed by atoms with Gasteiger partial charge >= 0.3 is 0 Å². The van der Waals surface area contributed by atoms with Gasteiger partial charge in [0.1, 0.15) is 5.75 Å². The second kappa shape index (κ2) is 7.50. The first-order valence-electron chi connectivity index (χ1n) is 9.23. The highest BCUT2D eigenvalue weighted by atomic mass is 32.2. The van der Waals surface area contributed by atoms with Crippen LogP contribution in [0, 0.1) is 18.8 Å². The van der Waals surface area contributed by atoms with Crippen LogP contribution in [0.1, 0.15) is 32.3 Å². The summed E-state index contributed by atoms with van der Waals surface area (Å²) in [6.45, 7) is 7.14. The van der Waals surface area contributed by atoms with Gasteiger partial charge in [-0.3, -0.25) is 9.59 Å². The maximum atomic E-state index is 12.8. The minimum Gasteiger partial charge on any atom is -0.482 e. The van der Waals surface area contributed by atoms with E-state index in [9.17, 15) is 18.0 Å². The average molecular weight is 394 g/mol. The number of sulfone groups is 1. The molecule has 2 amide bonds. The van der Waals surface area contributed by atoms with E-state index >= 15 is 0 Å². The maximum Gasteiger partial charge on any atom is 0.262 e. The van der Waals surface area contributed by atoms with Crippen LogP contribution in [0.4, 0.5) is 5.69 Å². The molecule has 148 valence electrons. The fourth-order valence-corrected chi connectivity index (χ4v) is 5.41. The molecule has 2 heterocycles. The van der Waals surface area contributed by atoms with Gasteiger partial charge in [0.15, 0.2) is 16.4 Å². The van der Waals surface area contributed by atoms with Crippen molar-refractivity contribution in [3.05, 3.63) is 17.7 Å². The molecule has 0 bridgehead atoms. The standard InChI is InChI=1S/C19H26N2O5S/c1-12-6-13(2)10-21(9-12)19(23)4-5-27(24,25)17-8-16-15(7-14(17)3)20-18(22)11-26-16/h7-8,12-13H,4-6,9-11H2,1-3H3,(H,20,22)/t12-,13+. The Morgan fingerprint density at radius 3 is 2.59 bits per heavy atom. The van der Waals surface area contributed by atoms with Crippen LogP contribution in [0.5, 0.6) is 5.75 Å². The lowest BCUT2D eigenvalue weighted by molar-refractivity contribution is -0.133. The lowest BCUT2D eigenvalue weighted by Gasteiger charge is -2.35. The summed E-state index contributed by atoms with van der Waals surface area (Å²) in [6, 6.07) is 3.03. The number of aryl methyl sites for hydroxylation is 1. The average Bonchev–Trinajstić information content (AvgIpc) is 2.58. The third-order valence-electron chi connectivity index (χ3n) is 5.05. The molecule has 0 spiro atoms. The molecule has 0 saturated carbocycles. The molecule has 2 atom stereocenters.